The van der Waals surface area contributed by atoms with E-state index in [0.29, 0.717) is 19.4 Å². The normalized spacial score (nSPS) is 25.5. The van der Waals surface area contributed by atoms with Gasteiger partial charge < -0.3 is 56.8 Å². The van der Waals surface area contributed by atoms with E-state index in [1.807, 2.05) is 6.92 Å². The number of carbonyl (C=O) groups is 8. The van der Waals surface area contributed by atoms with Crippen LogP contribution >= 0.6 is 0 Å². The summed E-state index contributed by atoms with van der Waals surface area (Å²) in [6, 6.07) is 0. The maximum absolute atomic E-state index is 12.7. The quantitative estimate of drug-likeness (QED) is 0.0404. The van der Waals surface area contributed by atoms with Gasteiger partial charge in [0.1, 0.15) is 25.4 Å². The Morgan fingerprint density at radius 3 is 1.35 bits per heavy atom. The molecule has 376 valence electrons. The van der Waals surface area contributed by atoms with Crippen molar-refractivity contribution in [3.05, 3.63) is 12.2 Å². The van der Waals surface area contributed by atoms with Crippen LogP contribution in [0.4, 0.5) is 0 Å². The van der Waals surface area contributed by atoms with E-state index in [-0.39, 0.29) is 5.97 Å². The van der Waals surface area contributed by atoms with Gasteiger partial charge in [-0.3, -0.25) is 38.4 Å². The highest BCUT2D eigenvalue weighted by Crippen LogP contribution is 2.36. The van der Waals surface area contributed by atoms with Crippen molar-refractivity contribution in [2.45, 2.75) is 213 Å². The van der Waals surface area contributed by atoms with E-state index in [1.54, 1.807) is 6.92 Å². The molecule has 2 aliphatic rings. The third-order valence-electron chi connectivity index (χ3n) is 10.2. The molecule has 0 bridgehead atoms. The second kappa shape index (κ2) is 31.3. The lowest BCUT2D eigenvalue weighted by Gasteiger charge is -2.49. The molecule has 0 aliphatic carbocycles. The fourth-order valence-corrected chi connectivity index (χ4v) is 7.45. The van der Waals surface area contributed by atoms with Crippen LogP contribution in [0, 0.1) is 0 Å². The molecule has 0 radical (unpaired) electrons. The highest BCUT2D eigenvalue weighted by atomic mass is 16.8. The Morgan fingerprint density at radius 1 is 0.470 bits per heavy atom. The van der Waals surface area contributed by atoms with E-state index in [4.69, 9.17) is 56.8 Å². The fourth-order valence-electron chi connectivity index (χ4n) is 7.45. The summed E-state index contributed by atoms with van der Waals surface area (Å²) in [7, 11) is 0. The van der Waals surface area contributed by atoms with Crippen molar-refractivity contribution in [1.82, 2.24) is 0 Å². The van der Waals surface area contributed by atoms with Gasteiger partial charge in [0.25, 0.3) is 0 Å². The third-order valence-corrected chi connectivity index (χ3v) is 10.2. The van der Waals surface area contributed by atoms with Gasteiger partial charge >= 0.3 is 47.8 Å². The van der Waals surface area contributed by atoms with Crippen LogP contribution in [-0.4, -0.2) is 135 Å². The van der Waals surface area contributed by atoms with Crippen LogP contribution in [-0.2, 0) is 95.2 Å². The van der Waals surface area contributed by atoms with Crippen LogP contribution in [0.3, 0.4) is 0 Å². The number of carbonyl (C=O) groups excluding carboxylic acids is 8. The minimum Gasteiger partial charge on any atom is -0.466 e. The lowest BCUT2D eigenvalue weighted by Crippen LogP contribution is -2.67. The minimum atomic E-state index is -1.77. The largest absolute Gasteiger partial charge is 0.466 e. The highest BCUT2D eigenvalue weighted by molar-refractivity contribution is 5.70. The van der Waals surface area contributed by atoms with Gasteiger partial charge in [0.15, 0.2) is 49.2 Å². The summed E-state index contributed by atoms with van der Waals surface area (Å²) in [6.45, 7) is 10.7. The summed E-state index contributed by atoms with van der Waals surface area (Å²) in [6.07, 6.45) is 0.389. The first kappa shape index (κ1) is 57.5. The third kappa shape index (κ3) is 22.7. The summed E-state index contributed by atoms with van der Waals surface area (Å²) >= 11 is 0. The van der Waals surface area contributed by atoms with Gasteiger partial charge in [0, 0.05) is 54.9 Å². The Hall–Kier alpha value is -4.66. The zero-order chi connectivity index (χ0) is 49.2. The molecule has 2 rings (SSSR count). The Kier molecular flexibility index (Phi) is 27.3. The standard InChI is InChI=1S/C46H72O20/c1-10-55-38(54)25-23-21-19-17-15-13-11-12-14-16-18-20-22-24-28(2)58-45-44(42(62-34(8)52)40(60-32(6)50)36(64-45)26-56-29(3)47)66-46-43(63-35(9)53)41(61-33(7)51)39(59-31(5)49)37(65-46)27-57-30(4)48/h11-12,28,36-37,39-46H,10,13-27H2,1-9H3/b12-11-. The summed E-state index contributed by atoms with van der Waals surface area (Å²) in [5.41, 5.74) is 0. The van der Waals surface area contributed by atoms with E-state index in [0.717, 1.165) is 119 Å². The Bertz CT molecular complexity index is 1580. The lowest BCUT2D eigenvalue weighted by atomic mass is 9.96. The average molecular weight is 945 g/mol. The first-order valence-electron chi connectivity index (χ1n) is 22.9. The zero-order valence-corrected chi connectivity index (χ0v) is 40.0. The number of esters is 8. The minimum absolute atomic E-state index is 0.132. The van der Waals surface area contributed by atoms with Crippen molar-refractivity contribution in [3.63, 3.8) is 0 Å². The molecule has 0 saturated carbocycles. The predicted octanol–water partition coefficient (Wildman–Crippen LogP) is 5.20. The molecule has 2 fully saturated rings. The first-order chi connectivity index (χ1) is 31.3. The molecule has 0 aromatic heterocycles. The van der Waals surface area contributed by atoms with Crippen molar-refractivity contribution in [1.29, 1.82) is 0 Å². The van der Waals surface area contributed by atoms with E-state index in [9.17, 15) is 38.4 Å². The van der Waals surface area contributed by atoms with Crippen LogP contribution in [0.1, 0.15) is 146 Å². The second-order valence-electron chi connectivity index (χ2n) is 16.2. The predicted molar refractivity (Wildman–Crippen MR) is 230 cm³/mol. The molecule has 2 saturated heterocycles. The van der Waals surface area contributed by atoms with Gasteiger partial charge in [-0.25, -0.2) is 0 Å². The van der Waals surface area contributed by atoms with Crippen molar-refractivity contribution in [3.8, 4) is 0 Å². The molecule has 66 heavy (non-hydrogen) atoms. The number of rotatable bonds is 29. The molecule has 11 atom stereocenters. The SMILES string of the molecule is CCOC(=O)CCCCCCC/C=C\CCCCCCC(C)OC1OC(COC(C)=O)C(OC(C)=O)C(OC(C)=O)C1OC1OC(COC(C)=O)C(OC(C)=O)C(OC(C)=O)C1OC(C)=O. The van der Waals surface area contributed by atoms with E-state index in [2.05, 4.69) is 12.2 Å². The molecule has 0 aromatic carbocycles. The molecular weight excluding hydrogens is 872 g/mol. The maximum atomic E-state index is 12.7. The van der Waals surface area contributed by atoms with Crippen molar-refractivity contribution < 1.29 is 95.2 Å². The molecule has 2 aliphatic heterocycles. The van der Waals surface area contributed by atoms with Crippen molar-refractivity contribution >= 4 is 47.8 Å². The second-order valence-corrected chi connectivity index (χ2v) is 16.2. The first-order valence-corrected chi connectivity index (χ1v) is 22.9. The summed E-state index contributed by atoms with van der Waals surface area (Å²) in [4.78, 5) is 98.0. The number of hydrogen-bond acceptors (Lipinski definition) is 20. The monoisotopic (exact) mass is 944 g/mol. The smallest absolute Gasteiger partial charge is 0.305 e. The summed E-state index contributed by atoms with van der Waals surface area (Å²) in [5, 5.41) is 0. The summed E-state index contributed by atoms with van der Waals surface area (Å²) in [5.74, 6) is -5.83. The molecular formula is C46H72O20. The lowest BCUT2D eigenvalue weighted by molar-refractivity contribution is -0.372. The van der Waals surface area contributed by atoms with Crippen LogP contribution < -0.4 is 0 Å². The Balaban J connectivity index is 2.30. The van der Waals surface area contributed by atoms with Crippen molar-refractivity contribution in [2.24, 2.45) is 0 Å². The van der Waals surface area contributed by atoms with Gasteiger partial charge in [-0.1, -0.05) is 50.7 Å². The van der Waals surface area contributed by atoms with E-state index in [1.165, 1.54) is 0 Å². The van der Waals surface area contributed by atoms with Gasteiger partial charge in [-0.15, -0.1) is 0 Å². The number of unbranched alkanes of at least 4 members (excludes halogenated alkanes) is 9. The highest BCUT2D eigenvalue weighted by Gasteiger charge is 2.58. The van der Waals surface area contributed by atoms with Crippen LogP contribution in [0.15, 0.2) is 12.2 Å². The number of hydrogen-bond donors (Lipinski definition) is 0. The van der Waals surface area contributed by atoms with Gasteiger partial charge in [0.2, 0.25) is 0 Å². The Morgan fingerprint density at radius 2 is 0.879 bits per heavy atom. The molecule has 0 spiro atoms. The van der Waals surface area contributed by atoms with Gasteiger partial charge in [-0.2, -0.15) is 0 Å². The average Bonchev–Trinajstić information content (AvgIpc) is 3.21. The van der Waals surface area contributed by atoms with E-state index >= 15 is 0 Å². The van der Waals surface area contributed by atoms with E-state index < -0.39 is 123 Å². The van der Waals surface area contributed by atoms with Gasteiger partial charge in [0.05, 0.1) is 12.7 Å². The number of ether oxygens (including phenoxy) is 12. The van der Waals surface area contributed by atoms with Crippen LogP contribution in [0.2, 0.25) is 0 Å². The van der Waals surface area contributed by atoms with Crippen molar-refractivity contribution in [2.75, 3.05) is 19.8 Å². The maximum Gasteiger partial charge on any atom is 0.305 e. The summed E-state index contributed by atoms with van der Waals surface area (Å²) < 4.78 is 68.8. The molecule has 20 nitrogen and oxygen atoms in total. The molecule has 20 heteroatoms. The molecule has 11 unspecified atom stereocenters. The molecule has 0 N–H and O–H groups in total. The zero-order valence-electron chi connectivity index (χ0n) is 40.0. The number of allylic oxidation sites excluding steroid dienone is 2. The molecule has 0 aromatic rings. The van der Waals surface area contributed by atoms with Crippen LogP contribution in [0.5, 0.6) is 0 Å². The Labute approximate surface area is 387 Å². The molecule has 0 amide bonds. The van der Waals surface area contributed by atoms with Crippen LogP contribution in [0.25, 0.3) is 0 Å². The van der Waals surface area contributed by atoms with Gasteiger partial charge in [-0.05, 0) is 52.4 Å². The fraction of sp³-hybridized carbons (Fsp3) is 0.783. The topological polar surface area (TPSA) is 247 Å². The molecule has 2 heterocycles.